The van der Waals surface area contributed by atoms with Gasteiger partial charge in [-0.3, -0.25) is 0 Å². The molecule has 262 valence electrons. The summed E-state index contributed by atoms with van der Waals surface area (Å²) >= 11 is 1.86. The second-order valence-corrected chi connectivity index (χ2v) is 15.6. The fraction of sp³-hybridized carbons (Fsp3) is 0. The second-order valence-electron chi connectivity index (χ2n) is 14.5. The summed E-state index contributed by atoms with van der Waals surface area (Å²) in [6, 6.07) is 70.2. The van der Waals surface area contributed by atoms with Gasteiger partial charge in [-0.05, 0) is 89.3 Å². The zero-order valence-corrected chi connectivity index (χ0v) is 31.0. The van der Waals surface area contributed by atoms with E-state index in [1.807, 2.05) is 11.3 Å². The number of fused-ring (bicyclic) bond motifs is 11. The average Bonchev–Trinajstić information content (AvgIpc) is 3.94. The molecule has 3 aromatic heterocycles. The van der Waals surface area contributed by atoms with Gasteiger partial charge in [0.25, 0.3) is 0 Å². The van der Waals surface area contributed by atoms with Crippen molar-refractivity contribution in [2.75, 3.05) is 4.90 Å². The molecule has 0 unspecified atom stereocenters. The van der Waals surface area contributed by atoms with E-state index in [0.717, 1.165) is 50.1 Å². The number of benzene rings is 9. The third-order valence-electron chi connectivity index (χ3n) is 11.4. The van der Waals surface area contributed by atoms with Crippen LogP contribution in [0.3, 0.4) is 0 Å². The minimum Gasteiger partial charge on any atom is -0.455 e. The van der Waals surface area contributed by atoms with Crippen LogP contribution in [0.1, 0.15) is 0 Å². The maximum atomic E-state index is 6.71. The molecule has 0 saturated heterocycles. The first-order valence-corrected chi connectivity index (χ1v) is 19.8. The number of hydrogen-bond acceptors (Lipinski definition) is 3. The second kappa shape index (κ2) is 12.2. The maximum absolute atomic E-state index is 6.71. The van der Waals surface area contributed by atoms with Gasteiger partial charge in [-0.2, -0.15) is 0 Å². The molecule has 0 aliphatic carbocycles. The molecular weight excluding hydrogens is 701 g/mol. The van der Waals surface area contributed by atoms with Gasteiger partial charge in [0.15, 0.2) is 0 Å². The molecule has 0 aliphatic rings. The number of nitrogens with zero attached hydrogens (tertiary/aromatic N) is 2. The molecule has 0 bridgehead atoms. The van der Waals surface area contributed by atoms with E-state index < -0.39 is 0 Å². The van der Waals surface area contributed by atoms with E-state index in [0.29, 0.717) is 0 Å². The molecular formula is C52H32N2OS. The highest BCUT2D eigenvalue weighted by molar-refractivity contribution is 7.25. The summed E-state index contributed by atoms with van der Waals surface area (Å²) in [7, 11) is 0. The molecule has 12 aromatic rings. The first-order valence-electron chi connectivity index (χ1n) is 19.0. The van der Waals surface area contributed by atoms with E-state index in [1.165, 1.54) is 58.5 Å². The van der Waals surface area contributed by atoms with Crippen molar-refractivity contribution >= 4 is 103 Å². The van der Waals surface area contributed by atoms with Crippen molar-refractivity contribution in [2.24, 2.45) is 0 Å². The lowest BCUT2D eigenvalue weighted by Crippen LogP contribution is -2.11. The smallest absolute Gasteiger partial charge is 0.143 e. The number of hydrogen-bond donors (Lipinski definition) is 0. The Labute approximate surface area is 326 Å². The predicted molar refractivity (Wildman–Crippen MR) is 239 cm³/mol. The SMILES string of the molecule is c1cc(N(c2ccc(-c3ccc4c(c3)sc3ccccc34)cc2)c2cccc3oc4c5ccccc5ccc4c23)cc(-n2c3ccccc3c3ccccc32)c1. The molecule has 0 spiro atoms. The lowest BCUT2D eigenvalue weighted by atomic mass is 10.0. The average molecular weight is 733 g/mol. The van der Waals surface area contributed by atoms with Crippen LogP contribution < -0.4 is 4.90 Å². The molecule has 0 aliphatic heterocycles. The molecule has 0 radical (unpaired) electrons. The highest BCUT2D eigenvalue weighted by atomic mass is 32.1. The van der Waals surface area contributed by atoms with Gasteiger partial charge in [0.05, 0.1) is 22.1 Å². The van der Waals surface area contributed by atoms with E-state index in [9.17, 15) is 0 Å². The summed E-state index contributed by atoms with van der Waals surface area (Å²) < 4.78 is 11.7. The Kier molecular flexibility index (Phi) is 6.80. The molecule has 12 rings (SSSR count). The fourth-order valence-corrected chi connectivity index (χ4v) is 9.97. The van der Waals surface area contributed by atoms with Crippen LogP contribution in [0.5, 0.6) is 0 Å². The van der Waals surface area contributed by atoms with Crippen molar-refractivity contribution in [1.29, 1.82) is 0 Å². The first-order chi connectivity index (χ1) is 27.8. The molecule has 3 heterocycles. The Balaban J connectivity index is 1.06. The molecule has 0 atom stereocenters. The summed E-state index contributed by atoms with van der Waals surface area (Å²) in [5.74, 6) is 0. The molecule has 0 saturated carbocycles. The first kappa shape index (κ1) is 31.2. The molecule has 4 heteroatoms. The zero-order valence-electron chi connectivity index (χ0n) is 30.2. The number of rotatable bonds is 5. The Hall–Kier alpha value is -7.14. The van der Waals surface area contributed by atoms with Crippen molar-refractivity contribution < 1.29 is 4.42 Å². The fourth-order valence-electron chi connectivity index (χ4n) is 8.83. The van der Waals surface area contributed by atoms with E-state index in [-0.39, 0.29) is 0 Å². The number of aromatic nitrogens is 1. The van der Waals surface area contributed by atoms with Gasteiger partial charge < -0.3 is 13.9 Å². The quantitative estimate of drug-likeness (QED) is 0.176. The van der Waals surface area contributed by atoms with Crippen LogP contribution in [0, 0.1) is 0 Å². The van der Waals surface area contributed by atoms with E-state index in [1.54, 1.807) is 0 Å². The Bertz CT molecular complexity index is 3440. The summed E-state index contributed by atoms with van der Waals surface area (Å²) in [5, 5.41) is 9.61. The summed E-state index contributed by atoms with van der Waals surface area (Å²) in [4.78, 5) is 2.39. The largest absolute Gasteiger partial charge is 0.455 e. The lowest BCUT2D eigenvalue weighted by molar-refractivity contribution is 0.672. The van der Waals surface area contributed by atoms with Crippen molar-refractivity contribution in [3.8, 4) is 16.8 Å². The minimum atomic E-state index is 0.866. The number of furan rings is 1. The van der Waals surface area contributed by atoms with Crippen LogP contribution in [-0.2, 0) is 0 Å². The Morgan fingerprint density at radius 1 is 0.429 bits per heavy atom. The van der Waals surface area contributed by atoms with E-state index >= 15 is 0 Å². The predicted octanol–water partition coefficient (Wildman–Crippen LogP) is 15.3. The van der Waals surface area contributed by atoms with Crippen LogP contribution in [-0.4, -0.2) is 4.57 Å². The maximum Gasteiger partial charge on any atom is 0.143 e. The van der Waals surface area contributed by atoms with Crippen LogP contribution in [0.4, 0.5) is 17.1 Å². The molecule has 56 heavy (non-hydrogen) atoms. The number of thiophene rings is 1. The molecule has 3 nitrogen and oxygen atoms in total. The van der Waals surface area contributed by atoms with Crippen molar-refractivity contribution in [1.82, 2.24) is 4.57 Å². The lowest BCUT2D eigenvalue weighted by Gasteiger charge is -2.27. The summed E-state index contributed by atoms with van der Waals surface area (Å²) in [5.41, 5.74) is 10.9. The topological polar surface area (TPSA) is 21.3 Å². The Morgan fingerprint density at radius 2 is 1.09 bits per heavy atom. The van der Waals surface area contributed by atoms with Gasteiger partial charge in [-0.1, -0.05) is 121 Å². The number of para-hydroxylation sites is 2. The van der Waals surface area contributed by atoms with Gasteiger partial charge in [0.1, 0.15) is 11.2 Å². The standard InChI is InChI=1S/C52H32N2OS/c1-2-14-39-34(11-1)25-30-44-51-47(20-10-21-48(51)55-52(39)44)53(36-27-23-33(24-28-36)35-26-29-43-42-17-5-8-22-49(42)56-50(43)31-35)37-12-9-13-38(32-37)54-45-18-6-3-15-40(45)41-16-4-7-19-46(41)54/h1-32H. The zero-order chi connectivity index (χ0) is 36.7. The molecule has 0 amide bonds. The van der Waals surface area contributed by atoms with Gasteiger partial charge in [-0.25, -0.2) is 0 Å². The van der Waals surface area contributed by atoms with Crippen LogP contribution >= 0.6 is 11.3 Å². The van der Waals surface area contributed by atoms with Crippen molar-refractivity contribution in [3.05, 3.63) is 194 Å². The monoisotopic (exact) mass is 732 g/mol. The normalized spacial score (nSPS) is 11.9. The third kappa shape index (κ3) is 4.70. The number of anilines is 3. The third-order valence-corrected chi connectivity index (χ3v) is 12.5. The Morgan fingerprint density at radius 3 is 1.91 bits per heavy atom. The van der Waals surface area contributed by atoms with Gasteiger partial charge >= 0.3 is 0 Å². The van der Waals surface area contributed by atoms with Crippen LogP contribution in [0.2, 0.25) is 0 Å². The molecule has 0 N–H and O–H groups in total. The highest BCUT2D eigenvalue weighted by Crippen LogP contribution is 2.45. The van der Waals surface area contributed by atoms with E-state index in [4.69, 9.17) is 4.42 Å². The molecule has 0 fully saturated rings. The summed E-state index contributed by atoms with van der Waals surface area (Å²) in [6.45, 7) is 0. The highest BCUT2D eigenvalue weighted by Gasteiger charge is 2.22. The minimum absolute atomic E-state index is 0.866. The van der Waals surface area contributed by atoms with Crippen LogP contribution in [0.25, 0.3) is 91.5 Å². The van der Waals surface area contributed by atoms with Gasteiger partial charge in [-0.15, -0.1) is 11.3 Å². The summed E-state index contributed by atoms with van der Waals surface area (Å²) in [6.07, 6.45) is 0. The van der Waals surface area contributed by atoms with Gasteiger partial charge in [0, 0.05) is 58.8 Å². The van der Waals surface area contributed by atoms with Crippen LogP contribution in [0.15, 0.2) is 199 Å². The molecule has 9 aromatic carbocycles. The van der Waals surface area contributed by atoms with Crippen molar-refractivity contribution in [3.63, 3.8) is 0 Å². The van der Waals surface area contributed by atoms with Crippen molar-refractivity contribution in [2.45, 2.75) is 0 Å². The van der Waals surface area contributed by atoms with Gasteiger partial charge in [0.2, 0.25) is 0 Å². The van der Waals surface area contributed by atoms with E-state index in [2.05, 4.69) is 204 Å².